The lowest BCUT2D eigenvalue weighted by molar-refractivity contribution is 0.108. The number of hydrogen-bond acceptors (Lipinski definition) is 4. The quantitative estimate of drug-likeness (QED) is 0.679. The fourth-order valence-electron chi connectivity index (χ4n) is 2.06. The van der Waals surface area contributed by atoms with E-state index >= 15 is 0 Å². The summed E-state index contributed by atoms with van der Waals surface area (Å²) >= 11 is 7.12. The van der Waals surface area contributed by atoms with E-state index in [9.17, 15) is 4.79 Å². The summed E-state index contributed by atoms with van der Waals surface area (Å²) in [5.74, 6) is 0. The Morgan fingerprint density at radius 2 is 2.05 bits per heavy atom. The fraction of sp³-hybridized carbons (Fsp3) is 0.154. The van der Waals surface area contributed by atoms with Crippen molar-refractivity contribution in [1.29, 1.82) is 0 Å². The molecule has 0 aliphatic heterocycles. The Balaban J connectivity index is 2.22. The normalized spacial score (nSPS) is 11.1. The van der Waals surface area contributed by atoms with Crippen LogP contribution < -0.4 is 0 Å². The Kier molecular flexibility index (Phi) is 2.88. The van der Waals surface area contributed by atoms with Gasteiger partial charge in [0.1, 0.15) is 0 Å². The van der Waals surface area contributed by atoms with Gasteiger partial charge in [-0.3, -0.25) is 4.79 Å². The van der Waals surface area contributed by atoms with Crippen molar-refractivity contribution in [2.24, 2.45) is 0 Å². The molecule has 19 heavy (non-hydrogen) atoms. The number of thiazole rings is 1. The van der Waals surface area contributed by atoms with E-state index in [4.69, 9.17) is 11.6 Å². The number of benzene rings is 1. The summed E-state index contributed by atoms with van der Waals surface area (Å²) in [5, 5.41) is 4.61. The molecule has 0 atom stereocenters. The third-order valence-electron chi connectivity index (χ3n) is 2.95. The number of halogens is 1. The van der Waals surface area contributed by atoms with Crippen LogP contribution in [0.15, 0.2) is 24.3 Å². The summed E-state index contributed by atoms with van der Waals surface area (Å²) < 4.78 is 2.76. The minimum Gasteiger partial charge on any atom is -0.275 e. The molecule has 0 fully saturated rings. The van der Waals surface area contributed by atoms with E-state index in [1.54, 1.807) is 11.6 Å². The average Bonchev–Trinajstić information content (AvgIpc) is 2.89. The maximum Gasteiger partial charge on any atom is 0.256 e. The molecule has 0 aliphatic carbocycles. The van der Waals surface area contributed by atoms with E-state index in [-0.39, 0.29) is 0 Å². The number of carbonyl (C=O) groups excluding carboxylic acids is 1. The van der Waals surface area contributed by atoms with E-state index in [1.165, 1.54) is 11.3 Å². The van der Waals surface area contributed by atoms with Crippen molar-refractivity contribution in [2.75, 3.05) is 0 Å². The number of carbonyl (C=O) groups is 1. The Morgan fingerprint density at radius 1 is 1.32 bits per heavy atom. The van der Waals surface area contributed by atoms with E-state index in [1.807, 2.05) is 31.2 Å². The molecule has 0 amide bonds. The Labute approximate surface area is 118 Å². The molecule has 0 spiro atoms. The van der Waals surface area contributed by atoms with Gasteiger partial charge in [-0.15, -0.1) is 0 Å². The van der Waals surface area contributed by atoms with Gasteiger partial charge in [0.2, 0.25) is 5.13 Å². The van der Waals surface area contributed by atoms with Crippen LogP contribution in [0.2, 0.25) is 0 Å². The van der Waals surface area contributed by atoms with Gasteiger partial charge >= 0.3 is 0 Å². The standard InChI is InChI=1S/C13H10ClN3OS/c1-7-11(12(14)18)8(2)17(16-7)13-15-9-5-3-4-6-10(9)19-13/h3-6H,1-2H3. The predicted octanol–water partition coefficient (Wildman–Crippen LogP) is 3.48. The second-order valence-corrected chi connectivity index (χ2v) is 5.55. The first kappa shape index (κ1) is 12.3. The molecule has 2 heterocycles. The van der Waals surface area contributed by atoms with Crippen LogP contribution in [0.3, 0.4) is 0 Å². The van der Waals surface area contributed by atoms with Crippen molar-refractivity contribution < 1.29 is 4.79 Å². The smallest absolute Gasteiger partial charge is 0.256 e. The SMILES string of the molecule is Cc1nn(-c2nc3ccccc3s2)c(C)c1C(=O)Cl. The van der Waals surface area contributed by atoms with E-state index in [0.717, 1.165) is 21.0 Å². The summed E-state index contributed by atoms with van der Waals surface area (Å²) in [6.45, 7) is 3.59. The molecular weight excluding hydrogens is 282 g/mol. The van der Waals surface area contributed by atoms with Crippen molar-refractivity contribution in [3.8, 4) is 5.13 Å². The molecular formula is C13H10ClN3OS. The van der Waals surface area contributed by atoms with E-state index in [2.05, 4.69) is 10.1 Å². The fourth-order valence-corrected chi connectivity index (χ4v) is 3.31. The number of hydrogen-bond donors (Lipinski definition) is 0. The van der Waals surface area contributed by atoms with Crippen LogP contribution in [-0.4, -0.2) is 20.0 Å². The van der Waals surface area contributed by atoms with Crippen LogP contribution in [0.5, 0.6) is 0 Å². The van der Waals surface area contributed by atoms with Crippen LogP contribution in [0, 0.1) is 13.8 Å². The second kappa shape index (κ2) is 4.43. The van der Waals surface area contributed by atoms with Crippen LogP contribution in [-0.2, 0) is 0 Å². The zero-order valence-electron chi connectivity index (χ0n) is 10.3. The number of aryl methyl sites for hydroxylation is 1. The van der Waals surface area contributed by atoms with E-state index < -0.39 is 5.24 Å². The number of fused-ring (bicyclic) bond motifs is 1. The third-order valence-corrected chi connectivity index (χ3v) is 4.15. The minimum atomic E-state index is -0.484. The van der Waals surface area contributed by atoms with Gasteiger partial charge in [-0.1, -0.05) is 23.5 Å². The molecule has 0 bridgehead atoms. The highest BCUT2D eigenvalue weighted by atomic mass is 35.5. The van der Waals surface area contributed by atoms with Crippen molar-refractivity contribution >= 4 is 38.4 Å². The van der Waals surface area contributed by atoms with Crippen LogP contribution >= 0.6 is 22.9 Å². The monoisotopic (exact) mass is 291 g/mol. The van der Waals surface area contributed by atoms with Crippen molar-refractivity contribution in [2.45, 2.75) is 13.8 Å². The van der Waals surface area contributed by atoms with Crippen LogP contribution in [0.4, 0.5) is 0 Å². The van der Waals surface area contributed by atoms with Gasteiger partial charge in [0.25, 0.3) is 5.24 Å². The molecule has 0 saturated carbocycles. The zero-order chi connectivity index (χ0) is 13.6. The third kappa shape index (κ3) is 1.95. The molecule has 0 unspecified atom stereocenters. The summed E-state index contributed by atoms with van der Waals surface area (Å²) in [4.78, 5) is 15.9. The second-order valence-electron chi connectivity index (χ2n) is 4.20. The number of nitrogens with zero attached hydrogens (tertiary/aromatic N) is 3. The Morgan fingerprint density at radius 3 is 2.68 bits per heavy atom. The van der Waals surface area contributed by atoms with Gasteiger partial charge in [-0.25, -0.2) is 9.67 Å². The molecule has 3 aromatic rings. The molecule has 0 N–H and O–H groups in total. The van der Waals surface area contributed by atoms with Crippen LogP contribution in [0.1, 0.15) is 21.7 Å². The first-order chi connectivity index (χ1) is 9.08. The average molecular weight is 292 g/mol. The summed E-state index contributed by atoms with van der Waals surface area (Å²) in [7, 11) is 0. The van der Waals surface area contributed by atoms with Gasteiger partial charge < -0.3 is 0 Å². The largest absolute Gasteiger partial charge is 0.275 e. The molecule has 2 aromatic heterocycles. The first-order valence-electron chi connectivity index (χ1n) is 5.70. The highest BCUT2D eigenvalue weighted by molar-refractivity contribution is 7.20. The number of para-hydroxylation sites is 1. The van der Waals surface area contributed by atoms with Gasteiger partial charge in [0.15, 0.2) is 0 Å². The van der Waals surface area contributed by atoms with Crippen molar-refractivity contribution in [3.05, 3.63) is 41.2 Å². The predicted molar refractivity (Wildman–Crippen MR) is 76.4 cm³/mol. The Bertz CT molecular complexity index is 757. The molecule has 0 saturated heterocycles. The lowest BCUT2D eigenvalue weighted by Gasteiger charge is -1.98. The molecule has 3 rings (SSSR count). The first-order valence-corrected chi connectivity index (χ1v) is 6.89. The summed E-state index contributed by atoms with van der Waals surface area (Å²) in [5.41, 5.74) is 2.73. The topological polar surface area (TPSA) is 47.8 Å². The highest BCUT2D eigenvalue weighted by Gasteiger charge is 2.19. The lowest BCUT2D eigenvalue weighted by atomic mass is 10.2. The van der Waals surface area contributed by atoms with Crippen molar-refractivity contribution in [1.82, 2.24) is 14.8 Å². The minimum absolute atomic E-state index is 0.459. The molecule has 0 radical (unpaired) electrons. The molecule has 1 aromatic carbocycles. The maximum atomic E-state index is 11.4. The maximum absolute atomic E-state index is 11.4. The Hall–Kier alpha value is -1.72. The van der Waals surface area contributed by atoms with Gasteiger partial charge in [0, 0.05) is 0 Å². The lowest BCUT2D eigenvalue weighted by Crippen LogP contribution is -1.99. The van der Waals surface area contributed by atoms with Crippen LogP contribution in [0.25, 0.3) is 15.3 Å². The highest BCUT2D eigenvalue weighted by Crippen LogP contribution is 2.27. The van der Waals surface area contributed by atoms with Gasteiger partial charge in [-0.05, 0) is 37.6 Å². The zero-order valence-corrected chi connectivity index (χ0v) is 11.9. The molecule has 96 valence electrons. The van der Waals surface area contributed by atoms with E-state index in [0.29, 0.717) is 11.3 Å². The number of rotatable bonds is 2. The summed E-state index contributed by atoms with van der Waals surface area (Å²) in [6.07, 6.45) is 0. The van der Waals surface area contributed by atoms with Crippen molar-refractivity contribution in [3.63, 3.8) is 0 Å². The number of aromatic nitrogens is 3. The molecule has 6 heteroatoms. The van der Waals surface area contributed by atoms with Gasteiger partial charge in [0.05, 0.1) is 27.2 Å². The molecule has 0 aliphatic rings. The van der Waals surface area contributed by atoms with Gasteiger partial charge in [-0.2, -0.15) is 5.10 Å². The molecule has 4 nitrogen and oxygen atoms in total. The summed E-state index contributed by atoms with van der Waals surface area (Å²) in [6, 6.07) is 7.88.